The summed E-state index contributed by atoms with van der Waals surface area (Å²) in [7, 11) is 0. The van der Waals surface area contributed by atoms with Crippen molar-refractivity contribution in [1.29, 1.82) is 0 Å². The van der Waals surface area contributed by atoms with Crippen molar-refractivity contribution in [3.8, 4) is 17.1 Å². The maximum absolute atomic E-state index is 16.7. The summed E-state index contributed by atoms with van der Waals surface area (Å²) in [5.74, 6) is 0.262. The van der Waals surface area contributed by atoms with Gasteiger partial charge in [0, 0.05) is 48.1 Å². The molecular weight excluding hydrogens is 537 g/mol. The van der Waals surface area contributed by atoms with E-state index in [1.807, 2.05) is 48.5 Å². The van der Waals surface area contributed by atoms with Gasteiger partial charge in [0.1, 0.15) is 11.3 Å². The van der Waals surface area contributed by atoms with Crippen LogP contribution in [0.4, 0.5) is 10.2 Å². The van der Waals surface area contributed by atoms with E-state index in [2.05, 4.69) is 29.0 Å². The molecule has 2 atom stereocenters. The van der Waals surface area contributed by atoms with E-state index in [4.69, 9.17) is 26.3 Å². The minimum Gasteiger partial charge on any atom is -0.463 e. The van der Waals surface area contributed by atoms with Crippen molar-refractivity contribution in [2.45, 2.75) is 51.6 Å². The summed E-state index contributed by atoms with van der Waals surface area (Å²) in [5.41, 5.74) is 1.27. The Kier molecular flexibility index (Phi) is 7.00. The third kappa shape index (κ3) is 5.24. The highest BCUT2D eigenvalue weighted by atomic mass is 35.5. The normalized spacial score (nSPS) is 21.3. The number of hydrogen-bond acceptors (Lipinski definition) is 6. The highest BCUT2D eigenvalue weighted by molar-refractivity contribution is 6.35. The molecule has 6 nitrogen and oxygen atoms in total. The van der Waals surface area contributed by atoms with Crippen LogP contribution in [0.5, 0.6) is 6.01 Å². The predicted octanol–water partition coefficient (Wildman–Crippen LogP) is 6.68. The van der Waals surface area contributed by atoms with Crippen molar-refractivity contribution in [2.24, 2.45) is 5.41 Å². The van der Waals surface area contributed by atoms with Gasteiger partial charge in [-0.2, -0.15) is 9.97 Å². The monoisotopic (exact) mass is 573 g/mol. The largest absolute Gasteiger partial charge is 0.463 e. The third-order valence-corrected chi connectivity index (χ3v) is 9.16. The van der Waals surface area contributed by atoms with Crippen LogP contribution in [0.25, 0.3) is 32.8 Å². The van der Waals surface area contributed by atoms with Gasteiger partial charge in [0.2, 0.25) is 0 Å². The van der Waals surface area contributed by atoms with E-state index in [-0.39, 0.29) is 16.9 Å². The molecule has 214 valence electrons. The Hall–Kier alpha value is -3.00. The molecule has 41 heavy (non-hydrogen) atoms. The topological polar surface area (TPSA) is 53.5 Å². The first-order valence-corrected chi connectivity index (χ1v) is 15.3. The Morgan fingerprint density at radius 1 is 1.00 bits per heavy atom. The van der Waals surface area contributed by atoms with E-state index < -0.39 is 5.82 Å². The number of nitrogens with one attached hydrogen (secondary N) is 1. The SMILES string of the molecule is CC(C)(COc1nc(N2CC3CCC(C2)N3)c2cc(Cl)c(-c3cccc4ccccc34)c(F)c2n1)CN1CCCC1. The molecule has 2 bridgehead atoms. The summed E-state index contributed by atoms with van der Waals surface area (Å²) in [6.07, 6.45) is 4.78. The molecule has 3 aliphatic heterocycles. The lowest BCUT2D eigenvalue weighted by atomic mass is 9.94. The maximum Gasteiger partial charge on any atom is 0.319 e. The molecule has 0 spiro atoms. The second-order valence-electron chi connectivity index (χ2n) is 12.8. The number of piperazine rings is 1. The zero-order chi connectivity index (χ0) is 28.1. The van der Waals surface area contributed by atoms with Crippen molar-refractivity contribution in [3.05, 3.63) is 59.4 Å². The standard InChI is InChI=1S/C33H37ClFN5O/c1-33(2,19-39-14-5-6-15-39)20-41-32-37-30-26(31(38-32)40-17-22-12-13-23(18-40)36-22)16-27(34)28(29(30)35)25-11-7-9-21-8-3-4-10-24(21)25/h3-4,7-11,16,22-23,36H,5-6,12-15,17-20H2,1-2H3. The van der Waals surface area contributed by atoms with Gasteiger partial charge in [0.15, 0.2) is 5.82 Å². The van der Waals surface area contributed by atoms with Gasteiger partial charge in [-0.25, -0.2) is 4.39 Å². The molecular formula is C33H37ClFN5O. The molecule has 1 aromatic heterocycles. The van der Waals surface area contributed by atoms with Crippen molar-refractivity contribution in [1.82, 2.24) is 20.2 Å². The lowest BCUT2D eigenvalue weighted by molar-refractivity contribution is 0.122. The molecule has 3 aromatic carbocycles. The van der Waals surface area contributed by atoms with Crippen LogP contribution in [-0.4, -0.2) is 66.3 Å². The Balaban J connectivity index is 1.32. The van der Waals surface area contributed by atoms with E-state index in [9.17, 15) is 0 Å². The lowest BCUT2D eigenvalue weighted by Crippen LogP contribution is -2.51. The van der Waals surface area contributed by atoms with Crippen LogP contribution in [0, 0.1) is 11.2 Å². The van der Waals surface area contributed by atoms with Gasteiger partial charge in [-0.1, -0.05) is 67.9 Å². The molecule has 7 rings (SSSR count). The van der Waals surface area contributed by atoms with E-state index in [0.29, 0.717) is 40.5 Å². The fourth-order valence-corrected chi connectivity index (χ4v) is 7.27. The van der Waals surface area contributed by atoms with Crippen LogP contribution in [-0.2, 0) is 0 Å². The highest BCUT2D eigenvalue weighted by Crippen LogP contribution is 2.41. The summed E-state index contributed by atoms with van der Waals surface area (Å²) >= 11 is 6.90. The first-order valence-electron chi connectivity index (χ1n) is 14.9. The summed E-state index contributed by atoms with van der Waals surface area (Å²) in [6.45, 7) is 9.71. The summed E-state index contributed by atoms with van der Waals surface area (Å²) < 4.78 is 23.0. The zero-order valence-corrected chi connectivity index (χ0v) is 24.6. The quantitative estimate of drug-likeness (QED) is 0.266. The molecule has 2 unspecified atom stereocenters. The van der Waals surface area contributed by atoms with Gasteiger partial charge in [0.05, 0.1) is 11.6 Å². The molecule has 0 saturated carbocycles. The first-order chi connectivity index (χ1) is 19.8. The van der Waals surface area contributed by atoms with Gasteiger partial charge in [-0.15, -0.1) is 0 Å². The second-order valence-corrected chi connectivity index (χ2v) is 13.2. The second kappa shape index (κ2) is 10.7. The van der Waals surface area contributed by atoms with Crippen LogP contribution >= 0.6 is 11.6 Å². The molecule has 3 aliphatic rings. The van der Waals surface area contributed by atoms with Crippen molar-refractivity contribution < 1.29 is 9.13 Å². The number of anilines is 1. The fourth-order valence-electron chi connectivity index (χ4n) is 6.98. The maximum atomic E-state index is 16.7. The smallest absolute Gasteiger partial charge is 0.319 e. The first kappa shape index (κ1) is 26.9. The van der Waals surface area contributed by atoms with Crippen LogP contribution in [0.1, 0.15) is 39.5 Å². The number of hydrogen-bond donors (Lipinski definition) is 1. The lowest BCUT2D eigenvalue weighted by Gasteiger charge is -2.34. The fraction of sp³-hybridized carbons (Fsp3) is 0.455. The number of fused-ring (bicyclic) bond motifs is 4. The van der Waals surface area contributed by atoms with E-state index in [1.54, 1.807) is 0 Å². The van der Waals surface area contributed by atoms with Crippen LogP contribution in [0.3, 0.4) is 0 Å². The Bertz CT molecular complexity index is 1590. The number of likely N-dealkylation sites (tertiary alicyclic amines) is 1. The molecule has 0 aliphatic carbocycles. The van der Waals surface area contributed by atoms with Crippen molar-refractivity contribution >= 4 is 39.1 Å². The van der Waals surface area contributed by atoms with Crippen LogP contribution < -0.4 is 15.0 Å². The molecule has 0 radical (unpaired) electrons. The summed E-state index contributed by atoms with van der Waals surface area (Å²) in [4.78, 5) is 14.4. The Labute approximate surface area is 245 Å². The number of aromatic nitrogens is 2. The predicted molar refractivity (Wildman–Crippen MR) is 165 cm³/mol. The minimum absolute atomic E-state index is 0.0936. The van der Waals surface area contributed by atoms with Crippen molar-refractivity contribution in [2.75, 3.05) is 44.2 Å². The van der Waals surface area contributed by atoms with Crippen LogP contribution in [0.15, 0.2) is 48.5 Å². The van der Waals surface area contributed by atoms with Gasteiger partial charge >= 0.3 is 6.01 Å². The highest BCUT2D eigenvalue weighted by Gasteiger charge is 2.34. The van der Waals surface area contributed by atoms with Gasteiger partial charge in [-0.3, -0.25) is 0 Å². The molecule has 1 N–H and O–H groups in total. The Morgan fingerprint density at radius 3 is 2.51 bits per heavy atom. The van der Waals surface area contributed by atoms with E-state index in [0.717, 1.165) is 61.9 Å². The third-order valence-electron chi connectivity index (χ3n) is 8.86. The molecule has 4 aromatic rings. The number of halogens is 2. The van der Waals surface area contributed by atoms with Gasteiger partial charge < -0.3 is 19.9 Å². The minimum atomic E-state index is -0.438. The molecule has 4 heterocycles. The Morgan fingerprint density at radius 2 is 1.73 bits per heavy atom. The summed E-state index contributed by atoms with van der Waals surface area (Å²) in [6, 6.07) is 16.7. The average Bonchev–Trinajstić information content (AvgIpc) is 3.60. The number of ether oxygens (including phenoxy) is 1. The number of rotatable bonds is 7. The van der Waals surface area contributed by atoms with E-state index in [1.165, 1.54) is 12.8 Å². The number of benzene rings is 3. The molecule has 3 fully saturated rings. The number of nitrogens with zero attached hydrogens (tertiary/aromatic N) is 4. The van der Waals surface area contributed by atoms with Crippen LogP contribution in [0.2, 0.25) is 5.02 Å². The van der Waals surface area contributed by atoms with Crippen molar-refractivity contribution in [3.63, 3.8) is 0 Å². The summed E-state index contributed by atoms with van der Waals surface area (Å²) in [5, 5.41) is 6.64. The molecule has 8 heteroatoms. The van der Waals surface area contributed by atoms with Gasteiger partial charge in [0.25, 0.3) is 0 Å². The zero-order valence-electron chi connectivity index (χ0n) is 23.8. The van der Waals surface area contributed by atoms with E-state index >= 15 is 4.39 Å². The molecule has 0 amide bonds. The molecule has 3 saturated heterocycles. The average molecular weight is 574 g/mol. The van der Waals surface area contributed by atoms with Gasteiger partial charge in [-0.05, 0) is 61.2 Å².